The zero-order valence-corrected chi connectivity index (χ0v) is 62.7. The maximum absolute atomic E-state index is 6.85. The Bertz CT molecular complexity index is 1330. The first-order valence-electron chi connectivity index (χ1n) is 22.1. The summed E-state index contributed by atoms with van der Waals surface area (Å²) in [6, 6.07) is 0. The van der Waals surface area contributed by atoms with Crippen molar-refractivity contribution in [2.24, 2.45) is 0 Å². The van der Waals surface area contributed by atoms with Gasteiger partial charge in [0.15, 0.2) is 18.1 Å². The fraction of sp³-hybridized carbons (Fsp3) is 1.00. The topological polar surface area (TPSA) is 148 Å². The van der Waals surface area contributed by atoms with Crippen LogP contribution in [-0.4, -0.2) is 150 Å². The minimum Gasteiger partial charge on any atom is -0.442 e. The van der Waals surface area contributed by atoms with Crippen LogP contribution in [0, 0.1) is 0 Å². The molecule has 0 fully saturated rings. The largest absolute Gasteiger partial charge is 0.442 e. The molecule has 62 heavy (non-hydrogen) atoms. The summed E-state index contributed by atoms with van der Waals surface area (Å²) >= 11 is 0. The molecular weight excluding hydrogens is 1080 g/mol. The van der Waals surface area contributed by atoms with Crippen LogP contribution in [0.4, 0.5) is 0 Å². The van der Waals surface area contributed by atoms with Gasteiger partial charge in [-0.3, -0.25) is 0 Å². The van der Waals surface area contributed by atoms with Crippen molar-refractivity contribution in [2.75, 3.05) is 0 Å². The molecule has 0 aliphatic carbocycles. The lowest BCUT2D eigenvalue weighted by Crippen LogP contribution is -2.62. The molecule has 0 rings (SSSR count). The Kier molecular flexibility index (Phi) is 26.7. The van der Waals surface area contributed by atoms with Crippen LogP contribution in [0.3, 0.4) is 0 Å². The Balaban J connectivity index is 5.39. The van der Waals surface area contributed by atoms with Crippen molar-refractivity contribution >= 4 is 150 Å². The molecule has 374 valence electrons. The van der Waals surface area contributed by atoms with E-state index in [-0.39, 0.29) is 0 Å². The first-order chi connectivity index (χ1) is 27.2. The number of hydrogen-bond donors (Lipinski definition) is 0. The third kappa shape index (κ3) is 32.0. The van der Waals surface area contributed by atoms with Gasteiger partial charge in [-0.25, -0.2) is 0 Å². The highest BCUT2D eigenvalue weighted by molar-refractivity contribution is 6.93. The van der Waals surface area contributed by atoms with Crippen LogP contribution in [0.2, 0.25) is 190 Å². The Labute approximate surface area is 402 Å². The van der Waals surface area contributed by atoms with Gasteiger partial charge in [0.25, 0.3) is 46.4 Å². The molecule has 0 amide bonds. The standard InChI is InChI=1S/C29H94O16Si17/c1-46(2)30-48(5)31-49(6)32-50(7)33-51(8)34-52(9)36-54(12,13)38-56(16,17)40-58(20,21)42-60(24,25)44-62(28,29)45-61(26,27)43-59(22,23)41-57(18,19)39-55(14,15)37-53(10,11)35-47(3)4/h46-52H,1-29H3. The van der Waals surface area contributed by atoms with Crippen molar-refractivity contribution in [2.45, 2.75) is 190 Å². The van der Waals surface area contributed by atoms with E-state index >= 15 is 0 Å². The maximum atomic E-state index is 6.85. The Morgan fingerprint density at radius 1 is 0.194 bits per heavy atom. The number of hydrogen-bond acceptors (Lipinski definition) is 16. The molecule has 16 nitrogen and oxygen atoms in total. The summed E-state index contributed by atoms with van der Waals surface area (Å²) in [4.78, 5) is 0. The predicted molar refractivity (Wildman–Crippen MR) is 295 cm³/mol. The zero-order valence-electron chi connectivity index (χ0n) is 44.6. The summed E-state index contributed by atoms with van der Waals surface area (Å²) in [5.74, 6) is 0. The van der Waals surface area contributed by atoms with Gasteiger partial charge in [0, 0.05) is 0 Å². The molecule has 0 aliphatic rings. The molecule has 0 radical (unpaired) electrons. The van der Waals surface area contributed by atoms with Crippen molar-refractivity contribution in [3.05, 3.63) is 0 Å². The van der Waals surface area contributed by atoms with Gasteiger partial charge in [-0.1, -0.05) is 0 Å². The van der Waals surface area contributed by atoms with E-state index in [1.807, 2.05) is 26.2 Å². The highest BCUT2D eigenvalue weighted by Crippen LogP contribution is 2.31. The summed E-state index contributed by atoms with van der Waals surface area (Å²) in [5.41, 5.74) is 0. The molecule has 33 heteroatoms. The van der Waals surface area contributed by atoms with Crippen molar-refractivity contribution < 1.29 is 65.8 Å². The van der Waals surface area contributed by atoms with Gasteiger partial charge < -0.3 is 65.8 Å². The van der Waals surface area contributed by atoms with Crippen molar-refractivity contribution in [1.29, 1.82) is 0 Å². The Hall–Kier alpha value is 3.05. The van der Waals surface area contributed by atoms with Gasteiger partial charge >= 0.3 is 85.6 Å². The molecule has 0 bridgehead atoms. The molecule has 0 aromatic rings. The molecule has 0 saturated heterocycles. The van der Waals surface area contributed by atoms with Crippen LogP contribution in [0.5, 0.6) is 0 Å². The van der Waals surface area contributed by atoms with E-state index in [1.54, 1.807) is 0 Å². The van der Waals surface area contributed by atoms with Crippen LogP contribution < -0.4 is 0 Å². The molecule has 0 spiro atoms. The molecular formula is C29H94O16Si17. The van der Waals surface area contributed by atoms with Crippen molar-refractivity contribution in [1.82, 2.24) is 0 Å². The second-order valence-corrected chi connectivity index (χ2v) is 73.3. The molecule has 0 saturated carbocycles. The van der Waals surface area contributed by atoms with Gasteiger partial charge in [0.2, 0.25) is 0 Å². The van der Waals surface area contributed by atoms with Gasteiger partial charge in [0.05, 0.1) is 0 Å². The van der Waals surface area contributed by atoms with Gasteiger partial charge in [0.1, 0.15) is 0 Å². The summed E-state index contributed by atoms with van der Waals surface area (Å²) in [6.45, 7) is 60.2. The quantitative estimate of drug-likeness (QED) is 0.0613. The van der Waals surface area contributed by atoms with Gasteiger partial charge in [-0.15, -0.1) is 0 Å². The normalized spacial score (nSPS) is 17.5. The Morgan fingerprint density at radius 2 is 0.371 bits per heavy atom. The van der Waals surface area contributed by atoms with E-state index < -0.39 is 150 Å². The third-order valence-electron chi connectivity index (χ3n) is 7.39. The average Bonchev–Trinajstić information content (AvgIpc) is 2.83. The summed E-state index contributed by atoms with van der Waals surface area (Å²) < 4.78 is 105. The second kappa shape index (κ2) is 25.4. The fourth-order valence-electron chi connectivity index (χ4n) is 8.13. The maximum Gasteiger partial charge on any atom is 0.314 e. The Morgan fingerprint density at radius 3 is 0.581 bits per heavy atom. The second-order valence-electron chi connectivity index (χ2n) is 20.8. The molecule has 0 aromatic carbocycles. The summed E-state index contributed by atoms with van der Waals surface area (Å²) in [5, 5.41) is 0. The van der Waals surface area contributed by atoms with Gasteiger partial charge in [-0.2, -0.15) is 0 Å². The minimum atomic E-state index is -2.77. The zero-order chi connectivity index (χ0) is 49.4. The van der Waals surface area contributed by atoms with Gasteiger partial charge in [-0.05, 0) is 190 Å². The predicted octanol–water partition coefficient (Wildman–Crippen LogP) is 7.49. The highest BCUT2D eigenvalue weighted by Gasteiger charge is 2.51. The highest BCUT2D eigenvalue weighted by atomic mass is 28.5. The van der Waals surface area contributed by atoms with E-state index in [4.69, 9.17) is 65.8 Å². The molecule has 5 atom stereocenters. The van der Waals surface area contributed by atoms with Crippen LogP contribution in [0.25, 0.3) is 0 Å². The molecule has 0 N–H and O–H groups in total. The van der Waals surface area contributed by atoms with E-state index in [0.29, 0.717) is 0 Å². The summed E-state index contributed by atoms with van der Waals surface area (Å²) in [6.07, 6.45) is 0. The third-order valence-corrected chi connectivity index (χ3v) is 66.5. The molecule has 0 aromatic heterocycles. The monoisotopic (exact) mass is 1170 g/mol. The smallest absolute Gasteiger partial charge is 0.314 e. The van der Waals surface area contributed by atoms with Crippen LogP contribution in [0.15, 0.2) is 0 Å². The van der Waals surface area contributed by atoms with E-state index in [9.17, 15) is 0 Å². The van der Waals surface area contributed by atoms with E-state index in [0.717, 1.165) is 0 Å². The van der Waals surface area contributed by atoms with Crippen LogP contribution in [-0.2, 0) is 65.8 Å². The van der Waals surface area contributed by atoms with Crippen LogP contribution >= 0.6 is 0 Å². The van der Waals surface area contributed by atoms with E-state index in [1.165, 1.54) is 0 Å². The fourth-order valence-corrected chi connectivity index (χ4v) is 79.8. The van der Waals surface area contributed by atoms with Crippen molar-refractivity contribution in [3.63, 3.8) is 0 Å². The SMILES string of the molecule is C[SiH](C)O[SiH](C)O[SiH](C)O[SiH](C)O[SiH](C)O[SiH](C)O[Si](C)(C)O[Si](C)(C)O[Si](C)(C)O[Si](C)(C)O[Si](C)(C)O[Si](C)(C)O[Si](C)(C)O[Si](C)(C)O[Si](C)(C)O[Si](C)(C)O[SiH](C)C. The number of rotatable bonds is 32. The van der Waals surface area contributed by atoms with Crippen molar-refractivity contribution in [3.8, 4) is 0 Å². The average molecular weight is 1180 g/mol. The lowest BCUT2D eigenvalue weighted by molar-refractivity contribution is 0.253. The first-order valence-corrected chi connectivity index (χ1v) is 66.3. The lowest BCUT2D eigenvalue weighted by Gasteiger charge is -2.44. The molecule has 5 unspecified atom stereocenters. The first kappa shape index (κ1) is 65.0. The van der Waals surface area contributed by atoms with Crippen LogP contribution in [0.1, 0.15) is 0 Å². The van der Waals surface area contributed by atoms with E-state index in [2.05, 4.69) is 164 Å². The molecule has 0 heterocycles. The minimum absolute atomic E-state index is 1.12. The summed E-state index contributed by atoms with van der Waals surface area (Å²) in [7, 11) is -38.4. The molecule has 0 aliphatic heterocycles. The lowest BCUT2D eigenvalue weighted by atomic mass is 11.9.